The number of aliphatic imine (C=N–C) groups is 1. The quantitative estimate of drug-likeness (QED) is 0.463. The van der Waals surface area contributed by atoms with Crippen LogP contribution in [0.25, 0.3) is 0 Å². The lowest BCUT2D eigenvalue weighted by atomic mass is 9.99. The molecule has 1 saturated heterocycles. The summed E-state index contributed by atoms with van der Waals surface area (Å²) in [5, 5.41) is 6.92. The fraction of sp³-hybridized carbons (Fsp3) is 0.739. The molecular weight excluding hydrogens is 360 g/mol. The third-order valence-corrected chi connectivity index (χ3v) is 5.99. The zero-order valence-corrected chi connectivity index (χ0v) is 19.2. The predicted octanol–water partition coefficient (Wildman–Crippen LogP) is 3.49. The number of piperidine rings is 1. The van der Waals surface area contributed by atoms with E-state index in [0.29, 0.717) is 6.04 Å². The van der Waals surface area contributed by atoms with Crippen LogP contribution in [0, 0.1) is 5.92 Å². The molecule has 1 aliphatic rings. The molecule has 1 unspecified atom stereocenters. The van der Waals surface area contributed by atoms with Gasteiger partial charge in [-0.05, 0) is 69.8 Å². The average Bonchev–Trinajstić information content (AvgIpc) is 2.75. The topological polar surface area (TPSA) is 55.8 Å². The van der Waals surface area contributed by atoms with E-state index in [1.807, 2.05) is 13.2 Å². The van der Waals surface area contributed by atoms with E-state index < -0.39 is 0 Å². The monoisotopic (exact) mass is 402 g/mol. The first-order valence-electron chi connectivity index (χ1n) is 11.4. The lowest BCUT2D eigenvalue weighted by Gasteiger charge is -2.31. The van der Waals surface area contributed by atoms with Crippen molar-refractivity contribution in [2.75, 3.05) is 44.7 Å². The summed E-state index contributed by atoms with van der Waals surface area (Å²) in [5.74, 6) is 2.80. The number of hydrogen-bond donors (Lipinski definition) is 2. The molecule has 164 valence electrons. The van der Waals surface area contributed by atoms with Gasteiger partial charge in [0.1, 0.15) is 5.82 Å². The van der Waals surface area contributed by atoms with Crippen LogP contribution < -0.4 is 15.5 Å². The van der Waals surface area contributed by atoms with Crippen molar-refractivity contribution in [2.24, 2.45) is 10.9 Å². The van der Waals surface area contributed by atoms with Gasteiger partial charge >= 0.3 is 0 Å². The molecule has 1 aromatic heterocycles. The highest BCUT2D eigenvalue weighted by Crippen LogP contribution is 2.21. The highest BCUT2D eigenvalue weighted by Gasteiger charge is 2.16. The zero-order chi connectivity index (χ0) is 21.1. The normalized spacial score (nSPS) is 16.9. The van der Waals surface area contributed by atoms with E-state index >= 15 is 0 Å². The summed E-state index contributed by atoms with van der Waals surface area (Å²) in [6, 6.07) is 4.73. The van der Waals surface area contributed by atoms with Gasteiger partial charge in [0, 0.05) is 38.9 Å². The standard InChI is InChI=1S/C23H42N6/c1-6-28(7-2)14-8-9-20(4)27-23(24-5)26-18-21-10-11-22(25-17-21)29-15-12-19(3)13-16-29/h10-11,17,19-20H,6-9,12-16,18H2,1-5H3,(H2,24,26,27). The zero-order valence-electron chi connectivity index (χ0n) is 19.2. The molecule has 0 saturated carbocycles. The molecule has 6 nitrogen and oxygen atoms in total. The second kappa shape index (κ2) is 12.7. The van der Waals surface area contributed by atoms with Gasteiger partial charge in [-0.15, -0.1) is 0 Å². The fourth-order valence-electron chi connectivity index (χ4n) is 3.79. The minimum absolute atomic E-state index is 0.402. The molecule has 1 atom stereocenters. The number of nitrogens with zero attached hydrogens (tertiary/aromatic N) is 4. The van der Waals surface area contributed by atoms with Crippen LogP contribution >= 0.6 is 0 Å². The number of rotatable bonds is 10. The molecule has 0 spiro atoms. The number of guanidine groups is 1. The summed E-state index contributed by atoms with van der Waals surface area (Å²) in [6.45, 7) is 15.4. The van der Waals surface area contributed by atoms with Crippen LogP contribution in [0.3, 0.4) is 0 Å². The Kier molecular flexibility index (Phi) is 10.3. The first-order valence-corrected chi connectivity index (χ1v) is 11.4. The highest BCUT2D eigenvalue weighted by molar-refractivity contribution is 5.79. The molecule has 0 bridgehead atoms. The van der Waals surface area contributed by atoms with Crippen LogP contribution in [0.1, 0.15) is 58.9 Å². The van der Waals surface area contributed by atoms with Crippen LogP contribution in [0.5, 0.6) is 0 Å². The van der Waals surface area contributed by atoms with Crippen molar-refractivity contribution in [1.82, 2.24) is 20.5 Å². The van der Waals surface area contributed by atoms with Gasteiger partial charge in [-0.2, -0.15) is 0 Å². The molecule has 1 aromatic rings. The smallest absolute Gasteiger partial charge is 0.191 e. The molecule has 6 heteroatoms. The van der Waals surface area contributed by atoms with Gasteiger partial charge in [-0.3, -0.25) is 4.99 Å². The minimum Gasteiger partial charge on any atom is -0.357 e. The maximum Gasteiger partial charge on any atom is 0.191 e. The maximum absolute atomic E-state index is 4.69. The Morgan fingerprint density at radius 2 is 2.00 bits per heavy atom. The van der Waals surface area contributed by atoms with E-state index in [-0.39, 0.29) is 0 Å². The second-order valence-corrected chi connectivity index (χ2v) is 8.33. The van der Waals surface area contributed by atoms with E-state index in [4.69, 9.17) is 0 Å². The van der Waals surface area contributed by atoms with E-state index in [1.165, 1.54) is 31.4 Å². The first-order chi connectivity index (χ1) is 14.0. The molecule has 2 N–H and O–H groups in total. The Bertz CT molecular complexity index is 588. The largest absolute Gasteiger partial charge is 0.357 e. The van der Waals surface area contributed by atoms with Gasteiger partial charge < -0.3 is 20.4 Å². The van der Waals surface area contributed by atoms with Crippen molar-refractivity contribution in [3.05, 3.63) is 23.9 Å². The Hall–Kier alpha value is -1.82. The molecule has 1 fully saturated rings. The molecular formula is C23H42N6. The molecule has 2 rings (SSSR count). The molecule has 1 aliphatic heterocycles. The van der Waals surface area contributed by atoms with Gasteiger partial charge in [0.05, 0.1) is 0 Å². The number of nitrogens with one attached hydrogen (secondary N) is 2. The van der Waals surface area contributed by atoms with E-state index in [0.717, 1.165) is 56.8 Å². The third kappa shape index (κ3) is 8.21. The van der Waals surface area contributed by atoms with Gasteiger partial charge in [0.15, 0.2) is 5.96 Å². The Labute approximate surface area is 178 Å². The number of anilines is 1. The van der Waals surface area contributed by atoms with E-state index in [9.17, 15) is 0 Å². The Morgan fingerprint density at radius 3 is 2.59 bits per heavy atom. The number of hydrogen-bond acceptors (Lipinski definition) is 4. The summed E-state index contributed by atoms with van der Waals surface area (Å²) < 4.78 is 0. The second-order valence-electron chi connectivity index (χ2n) is 8.33. The van der Waals surface area contributed by atoms with Crippen LogP contribution in [0.4, 0.5) is 5.82 Å². The van der Waals surface area contributed by atoms with E-state index in [2.05, 4.69) is 70.2 Å². The molecule has 0 aromatic carbocycles. The van der Waals surface area contributed by atoms with Crippen LogP contribution in [-0.4, -0.2) is 61.7 Å². The van der Waals surface area contributed by atoms with Crippen LogP contribution in [-0.2, 0) is 6.54 Å². The lowest BCUT2D eigenvalue weighted by Crippen LogP contribution is -2.42. The predicted molar refractivity (Wildman–Crippen MR) is 125 cm³/mol. The lowest BCUT2D eigenvalue weighted by molar-refractivity contribution is 0.292. The average molecular weight is 403 g/mol. The van der Waals surface area contributed by atoms with Crippen molar-refractivity contribution >= 4 is 11.8 Å². The first kappa shape index (κ1) is 23.5. The van der Waals surface area contributed by atoms with Crippen LogP contribution in [0.15, 0.2) is 23.3 Å². The summed E-state index contributed by atoms with van der Waals surface area (Å²) in [7, 11) is 1.83. The van der Waals surface area contributed by atoms with Gasteiger partial charge in [-0.1, -0.05) is 26.8 Å². The molecule has 0 radical (unpaired) electrons. The Balaban J connectivity index is 1.73. The third-order valence-electron chi connectivity index (χ3n) is 5.99. The SMILES string of the molecule is CCN(CC)CCCC(C)NC(=NC)NCc1ccc(N2CCC(C)CC2)nc1. The molecule has 0 amide bonds. The summed E-state index contributed by atoms with van der Waals surface area (Å²) >= 11 is 0. The summed E-state index contributed by atoms with van der Waals surface area (Å²) in [4.78, 5) is 13.9. The summed E-state index contributed by atoms with van der Waals surface area (Å²) in [5.41, 5.74) is 1.18. The fourth-order valence-corrected chi connectivity index (χ4v) is 3.79. The van der Waals surface area contributed by atoms with Crippen molar-refractivity contribution in [1.29, 1.82) is 0 Å². The number of pyridine rings is 1. The van der Waals surface area contributed by atoms with Crippen molar-refractivity contribution in [3.8, 4) is 0 Å². The Morgan fingerprint density at radius 1 is 1.28 bits per heavy atom. The van der Waals surface area contributed by atoms with E-state index in [1.54, 1.807) is 0 Å². The molecule has 0 aliphatic carbocycles. The van der Waals surface area contributed by atoms with Gasteiger partial charge in [-0.25, -0.2) is 4.98 Å². The summed E-state index contributed by atoms with van der Waals surface area (Å²) in [6.07, 6.45) is 6.86. The van der Waals surface area contributed by atoms with Gasteiger partial charge in [0.25, 0.3) is 0 Å². The maximum atomic E-state index is 4.69. The van der Waals surface area contributed by atoms with Gasteiger partial charge in [0.2, 0.25) is 0 Å². The molecule has 29 heavy (non-hydrogen) atoms. The van der Waals surface area contributed by atoms with Crippen LogP contribution in [0.2, 0.25) is 0 Å². The number of aromatic nitrogens is 1. The van der Waals surface area contributed by atoms with Crippen molar-refractivity contribution in [2.45, 2.75) is 66.0 Å². The minimum atomic E-state index is 0.402. The highest BCUT2D eigenvalue weighted by atomic mass is 15.2. The van der Waals surface area contributed by atoms with Crippen molar-refractivity contribution in [3.63, 3.8) is 0 Å². The van der Waals surface area contributed by atoms with Crippen molar-refractivity contribution < 1.29 is 0 Å². The molecule has 2 heterocycles.